The summed E-state index contributed by atoms with van der Waals surface area (Å²) in [6.07, 6.45) is 1.44. The van der Waals surface area contributed by atoms with Crippen molar-refractivity contribution in [3.05, 3.63) is 102 Å². The molecule has 1 heterocycles. The number of pyridine rings is 1. The van der Waals surface area contributed by atoms with E-state index in [4.69, 9.17) is 10.00 Å². The Kier molecular flexibility index (Phi) is 7.99. The van der Waals surface area contributed by atoms with E-state index in [1.54, 1.807) is 67.6 Å². The number of esters is 1. The molecule has 38 heavy (non-hydrogen) atoms. The van der Waals surface area contributed by atoms with Gasteiger partial charge in [-0.25, -0.2) is 17.7 Å². The van der Waals surface area contributed by atoms with Gasteiger partial charge in [-0.2, -0.15) is 5.26 Å². The fourth-order valence-corrected chi connectivity index (χ4v) is 5.24. The van der Waals surface area contributed by atoms with Crippen LogP contribution in [0.1, 0.15) is 28.4 Å². The van der Waals surface area contributed by atoms with Crippen molar-refractivity contribution < 1.29 is 22.7 Å². The van der Waals surface area contributed by atoms with Crippen molar-refractivity contribution in [3.8, 4) is 6.07 Å². The maximum Gasteiger partial charge on any atom is 0.326 e. The quantitative estimate of drug-likeness (QED) is 0.327. The SMILES string of the molecule is CCOC(=O)CN(c1ccccn1)S(=O)(=O)c1ccc2c(C(=O)NCc3ccc(C#N)cc3)cccc2c1. The van der Waals surface area contributed by atoms with Crippen molar-refractivity contribution in [2.75, 3.05) is 17.5 Å². The van der Waals surface area contributed by atoms with Gasteiger partial charge in [0.2, 0.25) is 0 Å². The van der Waals surface area contributed by atoms with Crippen LogP contribution in [0.25, 0.3) is 10.8 Å². The molecule has 192 valence electrons. The number of amides is 1. The molecule has 0 spiro atoms. The summed E-state index contributed by atoms with van der Waals surface area (Å²) in [6, 6.07) is 23.2. The summed E-state index contributed by atoms with van der Waals surface area (Å²) in [5.74, 6) is -0.951. The number of aromatic nitrogens is 1. The number of carbonyl (C=O) groups is 2. The van der Waals surface area contributed by atoms with E-state index in [1.165, 1.54) is 24.4 Å². The Bertz CT molecular complexity index is 1620. The van der Waals surface area contributed by atoms with Gasteiger partial charge in [-0.1, -0.05) is 36.4 Å². The Morgan fingerprint density at radius 1 is 1.03 bits per heavy atom. The van der Waals surface area contributed by atoms with Crippen LogP contribution < -0.4 is 9.62 Å². The van der Waals surface area contributed by atoms with Crippen LogP contribution in [0.3, 0.4) is 0 Å². The van der Waals surface area contributed by atoms with Crippen LogP contribution in [0.5, 0.6) is 0 Å². The van der Waals surface area contributed by atoms with E-state index in [0.29, 0.717) is 21.9 Å². The van der Waals surface area contributed by atoms with Gasteiger partial charge in [-0.3, -0.25) is 9.59 Å². The first-order valence-corrected chi connectivity index (χ1v) is 13.2. The molecule has 3 aromatic carbocycles. The molecule has 0 unspecified atom stereocenters. The lowest BCUT2D eigenvalue weighted by molar-refractivity contribution is -0.141. The highest BCUT2D eigenvalue weighted by atomic mass is 32.2. The molecular weight excluding hydrogens is 504 g/mol. The number of anilines is 1. The zero-order chi connectivity index (χ0) is 27.1. The number of rotatable bonds is 9. The van der Waals surface area contributed by atoms with E-state index in [-0.39, 0.29) is 29.8 Å². The highest BCUT2D eigenvalue weighted by Gasteiger charge is 2.29. The minimum absolute atomic E-state index is 0.0601. The van der Waals surface area contributed by atoms with Crippen molar-refractivity contribution in [2.45, 2.75) is 18.4 Å². The molecule has 0 aliphatic rings. The third-order valence-corrected chi connectivity index (χ3v) is 7.45. The van der Waals surface area contributed by atoms with Gasteiger partial charge in [0.1, 0.15) is 12.4 Å². The molecule has 1 N–H and O–H groups in total. The van der Waals surface area contributed by atoms with Crippen LogP contribution in [-0.4, -0.2) is 38.4 Å². The fourth-order valence-electron chi connectivity index (χ4n) is 3.84. The van der Waals surface area contributed by atoms with E-state index < -0.39 is 22.5 Å². The van der Waals surface area contributed by atoms with Gasteiger partial charge < -0.3 is 10.1 Å². The van der Waals surface area contributed by atoms with Crippen LogP contribution in [0.15, 0.2) is 90.0 Å². The van der Waals surface area contributed by atoms with E-state index >= 15 is 0 Å². The Morgan fingerprint density at radius 2 is 1.82 bits per heavy atom. The smallest absolute Gasteiger partial charge is 0.326 e. The zero-order valence-electron chi connectivity index (χ0n) is 20.5. The molecule has 0 fully saturated rings. The molecule has 10 heteroatoms. The lowest BCUT2D eigenvalue weighted by Gasteiger charge is -2.22. The number of benzene rings is 3. The minimum atomic E-state index is -4.20. The summed E-state index contributed by atoms with van der Waals surface area (Å²) < 4.78 is 33.1. The Labute approximate surface area is 220 Å². The topological polar surface area (TPSA) is 129 Å². The van der Waals surface area contributed by atoms with Gasteiger partial charge in [0.25, 0.3) is 15.9 Å². The largest absolute Gasteiger partial charge is 0.465 e. The molecule has 0 saturated heterocycles. The number of hydrogen-bond acceptors (Lipinski definition) is 7. The molecule has 4 aromatic rings. The highest BCUT2D eigenvalue weighted by Crippen LogP contribution is 2.27. The molecule has 0 bridgehead atoms. The lowest BCUT2D eigenvalue weighted by atomic mass is 10.0. The number of sulfonamides is 1. The predicted molar refractivity (Wildman–Crippen MR) is 142 cm³/mol. The van der Waals surface area contributed by atoms with Crippen molar-refractivity contribution >= 4 is 38.5 Å². The number of nitrogens with one attached hydrogen (secondary N) is 1. The summed E-state index contributed by atoms with van der Waals surface area (Å²) in [6.45, 7) is 1.48. The normalized spacial score (nSPS) is 10.9. The average molecular weight is 529 g/mol. The Hall–Kier alpha value is -4.75. The first-order chi connectivity index (χ1) is 18.3. The van der Waals surface area contributed by atoms with E-state index in [9.17, 15) is 18.0 Å². The molecule has 0 aliphatic carbocycles. The Morgan fingerprint density at radius 3 is 2.50 bits per heavy atom. The third-order valence-electron chi connectivity index (χ3n) is 5.70. The summed E-state index contributed by atoms with van der Waals surface area (Å²) in [4.78, 5) is 29.2. The van der Waals surface area contributed by atoms with E-state index in [2.05, 4.69) is 16.4 Å². The second-order valence-corrected chi connectivity index (χ2v) is 10.0. The van der Waals surface area contributed by atoms with Gasteiger partial charge in [-0.05, 0) is 65.7 Å². The van der Waals surface area contributed by atoms with Gasteiger partial charge in [-0.15, -0.1) is 0 Å². The molecule has 0 saturated carbocycles. The molecular formula is C28H24N4O5S. The minimum Gasteiger partial charge on any atom is -0.465 e. The van der Waals surface area contributed by atoms with Crippen molar-refractivity contribution in [1.29, 1.82) is 5.26 Å². The van der Waals surface area contributed by atoms with Gasteiger partial charge in [0.15, 0.2) is 0 Å². The number of ether oxygens (including phenoxy) is 1. The number of carbonyl (C=O) groups excluding carboxylic acids is 2. The lowest BCUT2D eigenvalue weighted by Crippen LogP contribution is -2.37. The molecule has 4 rings (SSSR count). The molecule has 1 amide bonds. The number of fused-ring (bicyclic) bond motifs is 1. The van der Waals surface area contributed by atoms with Crippen LogP contribution in [0.2, 0.25) is 0 Å². The third kappa shape index (κ3) is 5.79. The average Bonchev–Trinajstić information content (AvgIpc) is 2.94. The van der Waals surface area contributed by atoms with Gasteiger partial charge >= 0.3 is 5.97 Å². The highest BCUT2D eigenvalue weighted by molar-refractivity contribution is 7.92. The van der Waals surface area contributed by atoms with Crippen LogP contribution in [0.4, 0.5) is 5.82 Å². The van der Waals surface area contributed by atoms with Crippen LogP contribution in [0, 0.1) is 11.3 Å². The van der Waals surface area contributed by atoms with Crippen molar-refractivity contribution in [1.82, 2.24) is 10.3 Å². The maximum absolute atomic E-state index is 13.6. The number of hydrogen-bond donors (Lipinski definition) is 1. The molecule has 9 nitrogen and oxygen atoms in total. The van der Waals surface area contributed by atoms with E-state index in [1.807, 2.05) is 0 Å². The molecule has 0 atom stereocenters. The first kappa shape index (κ1) is 26.3. The summed E-state index contributed by atoms with van der Waals surface area (Å²) >= 11 is 0. The molecule has 0 aliphatic heterocycles. The van der Waals surface area contributed by atoms with E-state index in [0.717, 1.165) is 9.87 Å². The van der Waals surface area contributed by atoms with Crippen molar-refractivity contribution in [3.63, 3.8) is 0 Å². The first-order valence-electron chi connectivity index (χ1n) is 11.7. The second-order valence-electron chi connectivity index (χ2n) is 8.18. The van der Waals surface area contributed by atoms with Gasteiger partial charge in [0, 0.05) is 18.3 Å². The Balaban J connectivity index is 1.63. The van der Waals surface area contributed by atoms with Crippen LogP contribution >= 0.6 is 0 Å². The standard InChI is InChI=1S/C28H24N4O5S/c1-2-37-27(33)19-32(26-8-3-4-15-30-26)38(35,36)23-13-14-24-22(16-23)6-5-7-25(24)28(34)31-18-21-11-9-20(17-29)10-12-21/h3-16H,2,18-19H2,1H3,(H,31,34). The fraction of sp³-hybridized carbons (Fsp3) is 0.143. The summed E-state index contributed by atoms with van der Waals surface area (Å²) in [7, 11) is -4.20. The van der Waals surface area contributed by atoms with Crippen molar-refractivity contribution in [2.24, 2.45) is 0 Å². The second kappa shape index (κ2) is 11.5. The summed E-state index contributed by atoms with van der Waals surface area (Å²) in [5.41, 5.74) is 1.75. The monoisotopic (exact) mass is 528 g/mol. The van der Waals surface area contributed by atoms with Gasteiger partial charge in [0.05, 0.1) is 23.1 Å². The maximum atomic E-state index is 13.6. The number of nitriles is 1. The molecule has 0 radical (unpaired) electrons. The number of nitrogens with zero attached hydrogens (tertiary/aromatic N) is 3. The van der Waals surface area contributed by atoms with Crippen LogP contribution in [-0.2, 0) is 26.1 Å². The molecule has 1 aromatic heterocycles. The predicted octanol–water partition coefficient (Wildman–Crippen LogP) is 3.79. The summed E-state index contributed by atoms with van der Waals surface area (Å²) in [5, 5.41) is 12.9. The zero-order valence-corrected chi connectivity index (χ0v) is 21.3.